The van der Waals surface area contributed by atoms with Crippen LogP contribution in [0.1, 0.15) is 16.7 Å². The molecule has 6 nitrogen and oxygen atoms in total. The first kappa shape index (κ1) is 21.9. The number of nitrogens with one attached hydrogen (secondary N) is 1. The van der Waals surface area contributed by atoms with Gasteiger partial charge in [0.15, 0.2) is 0 Å². The van der Waals surface area contributed by atoms with Crippen molar-refractivity contribution in [3.63, 3.8) is 0 Å². The Morgan fingerprint density at radius 2 is 1.56 bits per heavy atom. The first-order valence-corrected chi connectivity index (χ1v) is 11.3. The topological polar surface area (TPSA) is 64.9 Å². The molecular weight excluding hydrogens is 446 g/mol. The third kappa shape index (κ3) is 4.20. The molecule has 0 aliphatic carbocycles. The number of hydrogen-bond donors (Lipinski definition) is 1. The van der Waals surface area contributed by atoms with E-state index < -0.39 is 0 Å². The Morgan fingerprint density at radius 3 is 2.24 bits per heavy atom. The third-order valence-electron chi connectivity index (χ3n) is 5.72. The fourth-order valence-electron chi connectivity index (χ4n) is 4.03. The van der Waals surface area contributed by atoms with Crippen LogP contribution in [0.2, 0.25) is 5.02 Å². The summed E-state index contributed by atoms with van der Waals surface area (Å²) in [6, 6.07) is 16.3. The Labute approximate surface area is 203 Å². The molecular formula is C27H24ClN5O. The summed E-state index contributed by atoms with van der Waals surface area (Å²) < 4.78 is 8.34. The maximum atomic E-state index is 6.50. The molecule has 5 rings (SSSR count). The number of aromatic nitrogens is 4. The molecule has 0 aliphatic heterocycles. The fraction of sp³-hybridized carbons (Fsp3) is 0.148. The summed E-state index contributed by atoms with van der Waals surface area (Å²) in [5.41, 5.74) is 7.66. The fourth-order valence-corrected chi connectivity index (χ4v) is 4.30. The van der Waals surface area contributed by atoms with Crippen LogP contribution in [0, 0.1) is 20.8 Å². The molecule has 7 heteroatoms. The first-order valence-electron chi connectivity index (χ1n) is 10.9. The summed E-state index contributed by atoms with van der Waals surface area (Å²) in [4.78, 5) is 13.5. The van der Waals surface area contributed by atoms with Gasteiger partial charge < -0.3 is 14.6 Å². The van der Waals surface area contributed by atoms with Crippen LogP contribution in [0.4, 0.5) is 11.6 Å². The number of aryl methyl sites for hydroxylation is 4. The third-order valence-corrected chi connectivity index (χ3v) is 5.99. The molecule has 3 heterocycles. The average molecular weight is 470 g/mol. The molecule has 34 heavy (non-hydrogen) atoms. The standard InChI is InChI=1S/C27H24ClN5O/c1-16-5-7-21(8-6-16)30-27-31-23-22(28)15-33(4)24(23)26(32-27)34-25-17(2)13-20(14-18(25)3)19-9-11-29-12-10-19/h5-15H,1-4H3,(H,30,31,32). The maximum absolute atomic E-state index is 6.50. The lowest BCUT2D eigenvalue weighted by molar-refractivity contribution is 0.459. The zero-order valence-corrected chi connectivity index (χ0v) is 20.2. The van der Waals surface area contributed by atoms with Gasteiger partial charge in [-0.25, -0.2) is 4.98 Å². The monoisotopic (exact) mass is 469 g/mol. The van der Waals surface area contributed by atoms with E-state index in [9.17, 15) is 0 Å². The van der Waals surface area contributed by atoms with Crippen molar-refractivity contribution in [3.8, 4) is 22.8 Å². The number of fused-ring (bicyclic) bond motifs is 1. The maximum Gasteiger partial charge on any atom is 0.249 e. The number of ether oxygens (including phenoxy) is 1. The number of pyridine rings is 1. The molecule has 0 saturated carbocycles. The Balaban J connectivity index is 1.57. The highest BCUT2D eigenvalue weighted by atomic mass is 35.5. The van der Waals surface area contributed by atoms with Crippen molar-refractivity contribution in [1.82, 2.24) is 19.5 Å². The Bertz CT molecular complexity index is 1470. The van der Waals surface area contributed by atoms with Gasteiger partial charge in [-0.3, -0.25) is 4.98 Å². The summed E-state index contributed by atoms with van der Waals surface area (Å²) in [5.74, 6) is 1.62. The Morgan fingerprint density at radius 1 is 0.882 bits per heavy atom. The molecule has 170 valence electrons. The van der Waals surface area contributed by atoms with E-state index in [0.29, 0.717) is 22.4 Å². The molecule has 3 aromatic heterocycles. The summed E-state index contributed by atoms with van der Waals surface area (Å²) in [7, 11) is 1.91. The van der Waals surface area contributed by atoms with Crippen LogP contribution in [-0.2, 0) is 7.05 Å². The predicted molar refractivity (Wildman–Crippen MR) is 137 cm³/mol. The molecule has 5 aromatic rings. The minimum atomic E-state index is 0.420. The van der Waals surface area contributed by atoms with E-state index in [1.807, 2.05) is 75.0 Å². The average Bonchev–Trinajstić information content (AvgIpc) is 3.11. The number of halogens is 1. The molecule has 0 aliphatic rings. The van der Waals surface area contributed by atoms with Gasteiger partial charge in [0.1, 0.15) is 16.8 Å². The number of rotatable bonds is 5. The molecule has 0 saturated heterocycles. The predicted octanol–water partition coefficient (Wildman–Crippen LogP) is 7.14. The van der Waals surface area contributed by atoms with E-state index in [2.05, 4.69) is 27.4 Å². The lowest BCUT2D eigenvalue weighted by Crippen LogP contribution is -2.02. The van der Waals surface area contributed by atoms with Gasteiger partial charge >= 0.3 is 0 Å². The van der Waals surface area contributed by atoms with Gasteiger partial charge in [-0.2, -0.15) is 4.98 Å². The van der Waals surface area contributed by atoms with Crippen LogP contribution in [0.5, 0.6) is 11.6 Å². The molecule has 0 radical (unpaired) electrons. The van der Waals surface area contributed by atoms with Crippen molar-refractivity contribution in [1.29, 1.82) is 0 Å². The highest BCUT2D eigenvalue weighted by Crippen LogP contribution is 2.37. The lowest BCUT2D eigenvalue weighted by atomic mass is 10.0. The van der Waals surface area contributed by atoms with Crippen LogP contribution in [0.3, 0.4) is 0 Å². The number of benzene rings is 2. The lowest BCUT2D eigenvalue weighted by Gasteiger charge is -2.15. The van der Waals surface area contributed by atoms with Gasteiger partial charge in [0, 0.05) is 31.3 Å². The van der Waals surface area contributed by atoms with Gasteiger partial charge in [-0.15, -0.1) is 0 Å². The highest BCUT2D eigenvalue weighted by molar-refractivity contribution is 6.35. The summed E-state index contributed by atoms with van der Waals surface area (Å²) in [6.07, 6.45) is 5.41. The molecule has 0 amide bonds. The largest absolute Gasteiger partial charge is 0.436 e. The van der Waals surface area contributed by atoms with E-state index in [4.69, 9.17) is 21.3 Å². The van der Waals surface area contributed by atoms with E-state index in [-0.39, 0.29) is 0 Å². The van der Waals surface area contributed by atoms with Crippen molar-refractivity contribution in [2.75, 3.05) is 5.32 Å². The van der Waals surface area contributed by atoms with Crippen molar-refractivity contribution < 1.29 is 4.74 Å². The molecule has 2 aromatic carbocycles. The second-order valence-electron chi connectivity index (χ2n) is 8.41. The molecule has 0 unspecified atom stereocenters. The van der Waals surface area contributed by atoms with Crippen LogP contribution in [-0.4, -0.2) is 19.5 Å². The number of hydrogen-bond acceptors (Lipinski definition) is 5. The van der Waals surface area contributed by atoms with Crippen molar-refractivity contribution in [2.24, 2.45) is 7.05 Å². The van der Waals surface area contributed by atoms with Crippen molar-refractivity contribution >= 4 is 34.3 Å². The van der Waals surface area contributed by atoms with E-state index in [1.165, 1.54) is 5.56 Å². The minimum Gasteiger partial charge on any atom is -0.436 e. The Hall–Kier alpha value is -3.90. The molecule has 0 spiro atoms. The zero-order valence-electron chi connectivity index (χ0n) is 19.4. The second-order valence-corrected chi connectivity index (χ2v) is 8.81. The number of nitrogens with zero attached hydrogens (tertiary/aromatic N) is 4. The van der Waals surface area contributed by atoms with Crippen LogP contribution >= 0.6 is 11.6 Å². The van der Waals surface area contributed by atoms with Gasteiger partial charge in [0.05, 0.1) is 5.02 Å². The Kier molecular flexibility index (Phi) is 5.67. The smallest absolute Gasteiger partial charge is 0.249 e. The van der Waals surface area contributed by atoms with Gasteiger partial charge in [0.25, 0.3) is 0 Å². The van der Waals surface area contributed by atoms with Gasteiger partial charge in [-0.05, 0) is 79.4 Å². The van der Waals surface area contributed by atoms with Crippen LogP contribution in [0.15, 0.2) is 67.1 Å². The SMILES string of the molecule is Cc1ccc(Nc2nc(Oc3c(C)cc(-c4ccncc4)cc3C)c3c(n2)c(Cl)cn3C)cc1. The zero-order chi connectivity index (χ0) is 23.8. The molecule has 1 N–H and O–H groups in total. The minimum absolute atomic E-state index is 0.420. The summed E-state index contributed by atoms with van der Waals surface area (Å²) in [6.45, 7) is 6.12. The quantitative estimate of drug-likeness (QED) is 0.296. The van der Waals surface area contributed by atoms with Crippen molar-refractivity contribution in [2.45, 2.75) is 20.8 Å². The summed E-state index contributed by atoms with van der Waals surface area (Å²) >= 11 is 6.50. The molecule has 0 fully saturated rings. The first-order chi connectivity index (χ1) is 16.4. The second kappa shape index (κ2) is 8.80. The number of anilines is 2. The van der Waals surface area contributed by atoms with E-state index >= 15 is 0 Å². The van der Waals surface area contributed by atoms with E-state index in [1.54, 1.807) is 12.4 Å². The summed E-state index contributed by atoms with van der Waals surface area (Å²) in [5, 5.41) is 3.81. The van der Waals surface area contributed by atoms with Crippen LogP contribution < -0.4 is 10.1 Å². The van der Waals surface area contributed by atoms with E-state index in [0.717, 1.165) is 39.2 Å². The highest BCUT2D eigenvalue weighted by Gasteiger charge is 2.19. The molecule has 0 bridgehead atoms. The van der Waals surface area contributed by atoms with Crippen molar-refractivity contribution in [3.05, 3.63) is 88.8 Å². The normalized spacial score (nSPS) is 11.1. The van der Waals surface area contributed by atoms with Crippen LogP contribution in [0.25, 0.3) is 22.2 Å². The van der Waals surface area contributed by atoms with Gasteiger partial charge in [0.2, 0.25) is 11.8 Å². The molecule has 0 atom stereocenters. The van der Waals surface area contributed by atoms with Gasteiger partial charge in [-0.1, -0.05) is 29.3 Å².